The Hall–Kier alpha value is -2.08. The van der Waals surface area contributed by atoms with E-state index in [4.69, 9.17) is 10.5 Å². The molecule has 0 aliphatic carbocycles. The molecular formula is C15H22N2O4. The maximum Gasteiger partial charge on any atom is 0.322 e. The first-order valence-corrected chi connectivity index (χ1v) is 6.75. The molecule has 6 heteroatoms. The minimum Gasteiger partial charge on any atom is -0.497 e. The van der Waals surface area contributed by atoms with Gasteiger partial charge in [-0.15, -0.1) is 0 Å². The second-order valence-electron chi connectivity index (χ2n) is 4.73. The highest BCUT2D eigenvalue weighted by Gasteiger charge is 2.13. The smallest absolute Gasteiger partial charge is 0.322 e. The Morgan fingerprint density at radius 2 is 2.05 bits per heavy atom. The summed E-state index contributed by atoms with van der Waals surface area (Å²) in [6.45, 7) is 1.45. The van der Waals surface area contributed by atoms with Gasteiger partial charge < -0.3 is 20.5 Å². The lowest BCUT2D eigenvalue weighted by atomic mass is 10.0. The number of nitrogens with one attached hydrogen (secondary N) is 1. The molecule has 1 aromatic carbocycles. The number of rotatable bonds is 7. The van der Waals surface area contributed by atoms with Crippen LogP contribution in [0.1, 0.15) is 25.3 Å². The molecule has 0 fully saturated rings. The average molecular weight is 294 g/mol. The van der Waals surface area contributed by atoms with Gasteiger partial charge in [0, 0.05) is 18.7 Å². The Morgan fingerprint density at radius 3 is 2.62 bits per heavy atom. The molecule has 0 radical (unpaired) electrons. The minimum absolute atomic E-state index is 0.143. The first kappa shape index (κ1) is 17.0. The van der Waals surface area contributed by atoms with Crippen LogP contribution in [0.5, 0.6) is 5.75 Å². The van der Waals surface area contributed by atoms with Gasteiger partial charge in [0.05, 0.1) is 14.2 Å². The number of anilines is 1. The van der Waals surface area contributed by atoms with Gasteiger partial charge in [0.25, 0.3) is 0 Å². The Labute approximate surface area is 124 Å². The summed E-state index contributed by atoms with van der Waals surface area (Å²) >= 11 is 0. The molecule has 0 spiro atoms. The van der Waals surface area contributed by atoms with Crippen LogP contribution in [0.15, 0.2) is 18.2 Å². The molecule has 0 bridgehead atoms. The van der Waals surface area contributed by atoms with E-state index >= 15 is 0 Å². The fraction of sp³-hybridized carbons (Fsp3) is 0.467. The number of ether oxygens (including phenoxy) is 2. The van der Waals surface area contributed by atoms with Crippen LogP contribution in [-0.2, 0) is 20.7 Å². The number of hydrogen-bond acceptors (Lipinski definition) is 5. The maximum atomic E-state index is 11.2. The summed E-state index contributed by atoms with van der Waals surface area (Å²) in [5, 5.41) is 2.78. The summed E-state index contributed by atoms with van der Waals surface area (Å²) in [7, 11) is 2.89. The zero-order valence-corrected chi connectivity index (χ0v) is 12.6. The monoisotopic (exact) mass is 294 g/mol. The quantitative estimate of drug-likeness (QED) is 0.743. The second kappa shape index (κ2) is 8.26. The molecule has 0 aliphatic rings. The van der Waals surface area contributed by atoms with E-state index in [1.807, 2.05) is 12.1 Å². The minimum atomic E-state index is -0.613. The molecule has 21 heavy (non-hydrogen) atoms. The van der Waals surface area contributed by atoms with E-state index in [0.29, 0.717) is 24.3 Å². The van der Waals surface area contributed by atoms with E-state index in [9.17, 15) is 9.59 Å². The predicted molar refractivity (Wildman–Crippen MR) is 80.2 cm³/mol. The van der Waals surface area contributed by atoms with Crippen molar-refractivity contribution in [1.82, 2.24) is 0 Å². The van der Waals surface area contributed by atoms with Crippen LogP contribution in [0, 0.1) is 0 Å². The normalized spacial score (nSPS) is 11.6. The SMILES string of the molecule is COC(=O)C(N)CCCc1ccc(OC)cc1NC(C)=O. The third-order valence-electron chi connectivity index (χ3n) is 3.09. The standard InChI is InChI=1S/C15H22N2O4/c1-10(18)17-14-9-12(20-2)8-7-11(14)5-4-6-13(16)15(19)21-3/h7-9,13H,4-6,16H2,1-3H3,(H,17,18). The molecule has 0 aromatic heterocycles. The van der Waals surface area contributed by atoms with Crippen LogP contribution < -0.4 is 15.8 Å². The number of aryl methyl sites for hydroxylation is 1. The molecular weight excluding hydrogens is 272 g/mol. The van der Waals surface area contributed by atoms with Gasteiger partial charge in [-0.05, 0) is 30.9 Å². The Morgan fingerprint density at radius 1 is 1.33 bits per heavy atom. The van der Waals surface area contributed by atoms with Crippen molar-refractivity contribution < 1.29 is 19.1 Å². The van der Waals surface area contributed by atoms with Crippen LogP contribution in [0.4, 0.5) is 5.69 Å². The summed E-state index contributed by atoms with van der Waals surface area (Å²) in [4.78, 5) is 22.5. The molecule has 0 saturated heterocycles. The van der Waals surface area contributed by atoms with Crippen molar-refractivity contribution in [3.05, 3.63) is 23.8 Å². The summed E-state index contributed by atoms with van der Waals surface area (Å²) in [6.07, 6.45) is 1.94. The molecule has 116 valence electrons. The van der Waals surface area contributed by atoms with E-state index in [1.165, 1.54) is 14.0 Å². The molecule has 1 unspecified atom stereocenters. The zero-order chi connectivity index (χ0) is 15.8. The Kier molecular flexibility index (Phi) is 6.68. The first-order chi connectivity index (χ1) is 9.97. The number of amides is 1. The second-order valence-corrected chi connectivity index (χ2v) is 4.73. The lowest BCUT2D eigenvalue weighted by Crippen LogP contribution is -2.31. The highest BCUT2D eigenvalue weighted by atomic mass is 16.5. The summed E-state index contributed by atoms with van der Waals surface area (Å²) in [6, 6.07) is 4.89. The van der Waals surface area contributed by atoms with Crippen molar-refractivity contribution in [2.45, 2.75) is 32.2 Å². The number of benzene rings is 1. The van der Waals surface area contributed by atoms with Gasteiger partial charge in [-0.1, -0.05) is 6.07 Å². The molecule has 0 saturated carbocycles. The molecule has 1 atom stereocenters. The van der Waals surface area contributed by atoms with Crippen LogP contribution in [-0.4, -0.2) is 32.1 Å². The van der Waals surface area contributed by atoms with E-state index in [0.717, 1.165) is 12.0 Å². The number of hydrogen-bond donors (Lipinski definition) is 2. The molecule has 6 nitrogen and oxygen atoms in total. The Bertz CT molecular complexity index is 502. The molecule has 1 amide bonds. The number of carbonyl (C=O) groups excluding carboxylic acids is 2. The van der Waals surface area contributed by atoms with Gasteiger partial charge in [0.1, 0.15) is 11.8 Å². The lowest BCUT2D eigenvalue weighted by Gasteiger charge is -2.13. The zero-order valence-electron chi connectivity index (χ0n) is 12.6. The van der Waals surface area contributed by atoms with E-state index in [1.54, 1.807) is 13.2 Å². The topological polar surface area (TPSA) is 90.7 Å². The van der Waals surface area contributed by atoms with E-state index in [2.05, 4.69) is 10.1 Å². The van der Waals surface area contributed by atoms with Crippen molar-refractivity contribution in [2.75, 3.05) is 19.5 Å². The number of carbonyl (C=O) groups is 2. The van der Waals surface area contributed by atoms with Gasteiger partial charge >= 0.3 is 5.97 Å². The highest BCUT2D eigenvalue weighted by molar-refractivity contribution is 5.89. The van der Waals surface area contributed by atoms with Crippen molar-refractivity contribution >= 4 is 17.6 Å². The summed E-state index contributed by atoms with van der Waals surface area (Å²) in [5.74, 6) is 0.122. The van der Waals surface area contributed by atoms with Gasteiger partial charge in [-0.3, -0.25) is 9.59 Å². The van der Waals surface area contributed by atoms with Crippen molar-refractivity contribution in [3.63, 3.8) is 0 Å². The summed E-state index contributed by atoms with van der Waals surface area (Å²) in [5.41, 5.74) is 7.38. The van der Waals surface area contributed by atoms with Gasteiger partial charge in [-0.2, -0.15) is 0 Å². The van der Waals surface area contributed by atoms with Crippen LogP contribution in [0.3, 0.4) is 0 Å². The molecule has 1 aromatic rings. The fourth-order valence-electron chi connectivity index (χ4n) is 1.99. The van der Waals surface area contributed by atoms with Crippen molar-refractivity contribution in [3.8, 4) is 5.75 Å². The van der Waals surface area contributed by atoms with Gasteiger partial charge in [0.2, 0.25) is 5.91 Å². The molecule has 0 aliphatic heterocycles. The maximum absolute atomic E-state index is 11.2. The largest absolute Gasteiger partial charge is 0.497 e. The van der Waals surface area contributed by atoms with Crippen molar-refractivity contribution in [1.29, 1.82) is 0 Å². The molecule has 3 N–H and O–H groups in total. The van der Waals surface area contributed by atoms with Crippen molar-refractivity contribution in [2.24, 2.45) is 5.73 Å². The van der Waals surface area contributed by atoms with E-state index < -0.39 is 12.0 Å². The van der Waals surface area contributed by atoms with Crippen LogP contribution >= 0.6 is 0 Å². The number of nitrogens with two attached hydrogens (primary N) is 1. The number of methoxy groups -OCH3 is 2. The Balaban J connectivity index is 2.69. The highest BCUT2D eigenvalue weighted by Crippen LogP contribution is 2.24. The predicted octanol–water partition coefficient (Wildman–Crippen LogP) is 1.48. The van der Waals surface area contributed by atoms with E-state index in [-0.39, 0.29) is 5.91 Å². The van der Waals surface area contributed by atoms with Gasteiger partial charge in [-0.25, -0.2) is 0 Å². The van der Waals surface area contributed by atoms with Crippen LogP contribution in [0.25, 0.3) is 0 Å². The summed E-state index contributed by atoms with van der Waals surface area (Å²) < 4.78 is 9.73. The fourth-order valence-corrected chi connectivity index (χ4v) is 1.99. The molecule has 1 rings (SSSR count). The van der Waals surface area contributed by atoms with Gasteiger partial charge in [0.15, 0.2) is 0 Å². The third-order valence-corrected chi connectivity index (χ3v) is 3.09. The first-order valence-electron chi connectivity index (χ1n) is 6.75. The van der Waals surface area contributed by atoms with Crippen LogP contribution in [0.2, 0.25) is 0 Å². The lowest BCUT2D eigenvalue weighted by molar-refractivity contribution is -0.142. The number of esters is 1. The molecule has 0 heterocycles. The third kappa shape index (κ3) is 5.43. The average Bonchev–Trinajstić information content (AvgIpc) is 2.46.